The average Bonchev–Trinajstić information content (AvgIpc) is 2.65. The van der Waals surface area contributed by atoms with E-state index in [1.54, 1.807) is 18.4 Å². The molecule has 0 spiro atoms. The molecule has 0 saturated carbocycles. The predicted molar refractivity (Wildman–Crippen MR) is 85.8 cm³/mol. The number of nitrogens with zero attached hydrogens (tertiary/aromatic N) is 2. The van der Waals surface area contributed by atoms with Gasteiger partial charge in [0.15, 0.2) is 5.96 Å². The van der Waals surface area contributed by atoms with Crippen LogP contribution in [0.2, 0.25) is 0 Å². The van der Waals surface area contributed by atoms with Gasteiger partial charge in [0.25, 0.3) is 0 Å². The molecular formula is C11H21IN4S. The number of hydrogen-bond donors (Lipinski definition) is 2. The Bertz CT molecular complexity index is 362. The third kappa shape index (κ3) is 5.20. The Hall–Kier alpha value is -0.370. The molecule has 1 aromatic rings. The molecular weight excluding hydrogens is 347 g/mol. The number of thiazole rings is 1. The maximum atomic E-state index is 4.60. The second-order valence-electron chi connectivity index (χ2n) is 3.46. The minimum absolute atomic E-state index is 0. The van der Waals surface area contributed by atoms with Crippen LogP contribution >= 0.6 is 35.3 Å². The summed E-state index contributed by atoms with van der Waals surface area (Å²) in [5.41, 5.74) is 1.23. The number of aromatic nitrogens is 1. The van der Waals surface area contributed by atoms with Crippen LogP contribution in [0, 0.1) is 6.92 Å². The lowest BCUT2D eigenvalue weighted by atomic mass is 10.3. The highest BCUT2D eigenvalue weighted by Crippen LogP contribution is 2.17. The summed E-state index contributed by atoms with van der Waals surface area (Å²) in [5, 5.41) is 7.41. The van der Waals surface area contributed by atoms with Gasteiger partial charge >= 0.3 is 0 Å². The highest BCUT2D eigenvalue weighted by Gasteiger charge is 2.05. The molecule has 0 saturated heterocycles. The molecule has 0 aliphatic carbocycles. The van der Waals surface area contributed by atoms with Crippen LogP contribution in [0.3, 0.4) is 0 Å². The summed E-state index contributed by atoms with van der Waals surface area (Å²) >= 11 is 1.79. The maximum absolute atomic E-state index is 4.60. The molecule has 0 radical (unpaired) electrons. The number of halogens is 1. The number of nitrogens with one attached hydrogen (secondary N) is 2. The van der Waals surface area contributed by atoms with E-state index in [-0.39, 0.29) is 24.0 Å². The number of aliphatic imine (C=N–C) groups is 1. The topological polar surface area (TPSA) is 49.3 Å². The molecule has 1 aromatic heterocycles. The summed E-state index contributed by atoms with van der Waals surface area (Å²) in [6, 6.07) is 0. The average molecular weight is 368 g/mol. The van der Waals surface area contributed by atoms with Gasteiger partial charge in [-0.05, 0) is 13.3 Å². The van der Waals surface area contributed by atoms with E-state index in [4.69, 9.17) is 0 Å². The zero-order valence-electron chi connectivity index (χ0n) is 10.8. The van der Waals surface area contributed by atoms with Crippen molar-refractivity contribution in [2.45, 2.75) is 26.7 Å². The highest BCUT2D eigenvalue weighted by molar-refractivity contribution is 14.0. The molecule has 0 aliphatic heterocycles. The zero-order chi connectivity index (χ0) is 12.0. The van der Waals surface area contributed by atoms with E-state index in [9.17, 15) is 0 Å². The molecule has 0 unspecified atom stereocenters. The third-order valence-electron chi connectivity index (χ3n) is 2.36. The van der Waals surface area contributed by atoms with Crippen LogP contribution in [-0.2, 0) is 12.8 Å². The zero-order valence-corrected chi connectivity index (χ0v) is 14.0. The normalized spacial score (nSPS) is 10.9. The number of hydrogen-bond acceptors (Lipinski definition) is 3. The quantitative estimate of drug-likeness (QED) is 0.485. The van der Waals surface area contributed by atoms with E-state index in [1.807, 2.05) is 7.05 Å². The molecule has 0 fully saturated rings. The van der Waals surface area contributed by atoms with E-state index >= 15 is 0 Å². The molecule has 0 aliphatic rings. The van der Waals surface area contributed by atoms with Crippen molar-refractivity contribution >= 4 is 41.3 Å². The van der Waals surface area contributed by atoms with E-state index < -0.39 is 0 Å². The summed E-state index contributed by atoms with van der Waals surface area (Å²) in [6.45, 7) is 5.15. The van der Waals surface area contributed by atoms with E-state index in [2.05, 4.69) is 34.5 Å². The van der Waals surface area contributed by atoms with Crippen LogP contribution in [0.25, 0.3) is 0 Å². The van der Waals surface area contributed by atoms with Crippen molar-refractivity contribution in [3.05, 3.63) is 15.6 Å². The van der Waals surface area contributed by atoms with Gasteiger partial charge in [-0.3, -0.25) is 4.99 Å². The minimum atomic E-state index is 0. The lowest BCUT2D eigenvalue weighted by Gasteiger charge is -2.06. The summed E-state index contributed by atoms with van der Waals surface area (Å²) in [7, 11) is 3.62. The van der Waals surface area contributed by atoms with Gasteiger partial charge in [-0.15, -0.1) is 35.3 Å². The molecule has 17 heavy (non-hydrogen) atoms. The van der Waals surface area contributed by atoms with Gasteiger partial charge in [-0.2, -0.15) is 0 Å². The first-order valence-electron chi connectivity index (χ1n) is 5.54. The van der Waals surface area contributed by atoms with Gasteiger partial charge in [0, 0.05) is 31.9 Å². The Morgan fingerprint density at radius 3 is 2.65 bits per heavy atom. The number of guanidine groups is 1. The van der Waals surface area contributed by atoms with Crippen molar-refractivity contribution in [1.29, 1.82) is 0 Å². The van der Waals surface area contributed by atoms with Gasteiger partial charge < -0.3 is 10.6 Å². The Morgan fingerprint density at radius 1 is 1.47 bits per heavy atom. The Balaban J connectivity index is 0.00000256. The molecule has 4 nitrogen and oxygen atoms in total. The van der Waals surface area contributed by atoms with Crippen LogP contribution in [-0.4, -0.2) is 31.6 Å². The lowest BCUT2D eigenvalue weighted by Crippen LogP contribution is -2.35. The molecule has 2 N–H and O–H groups in total. The fourth-order valence-corrected chi connectivity index (χ4v) is 2.51. The Kier molecular flexibility index (Phi) is 8.49. The molecule has 1 rings (SSSR count). The summed E-state index contributed by atoms with van der Waals surface area (Å²) in [5.74, 6) is 0.823. The number of rotatable bonds is 4. The van der Waals surface area contributed by atoms with Crippen molar-refractivity contribution in [3.63, 3.8) is 0 Å². The minimum Gasteiger partial charge on any atom is -0.359 e. The molecule has 6 heteroatoms. The van der Waals surface area contributed by atoms with E-state index in [1.165, 1.54) is 15.6 Å². The molecule has 1 heterocycles. The van der Waals surface area contributed by atoms with Crippen LogP contribution in [0.15, 0.2) is 4.99 Å². The van der Waals surface area contributed by atoms with Crippen LogP contribution < -0.4 is 10.6 Å². The van der Waals surface area contributed by atoms with Crippen LogP contribution in [0.5, 0.6) is 0 Å². The highest BCUT2D eigenvalue weighted by atomic mass is 127. The Labute approximate surface area is 124 Å². The van der Waals surface area contributed by atoms with Gasteiger partial charge in [0.2, 0.25) is 0 Å². The first kappa shape index (κ1) is 16.6. The predicted octanol–water partition coefficient (Wildman–Crippen LogP) is 1.97. The van der Waals surface area contributed by atoms with E-state index in [0.717, 1.165) is 25.3 Å². The Morgan fingerprint density at radius 2 is 2.18 bits per heavy atom. The summed E-state index contributed by atoms with van der Waals surface area (Å²) in [6.07, 6.45) is 1.97. The maximum Gasteiger partial charge on any atom is 0.190 e. The first-order chi connectivity index (χ1) is 7.71. The SMILES string of the molecule is CCc1nc(CCNC(=NC)NC)sc1C.I. The first-order valence-corrected chi connectivity index (χ1v) is 6.36. The van der Waals surface area contributed by atoms with Gasteiger partial charge in [0.05, 0.1) is 10.7 Å². The van der Waals surface area contributed by atoms with Gasteiger partial charge in [-0.1, -0.05) is 6.92 Å². The standard InChI is InChI=1S/C11H20N4S.HI/c1-5-9-8(2)16-10(15-9)6-7-14-11(12-3)13-4;/h5-7H2,1-4H3,(H2,12,13,14);1H. The molecule has 0 bridgehead atoms. The second kappa shape index (κ2) is 8.68. The van der Waals surface area contributed by atoms with Crippen LogP contribution in [0.1, 0.15) is 22.5 Å². The summed E-state index contributed by atoms with van der Waals surface area (Å²) in [4.78, 5) is 9.99. The van der Waals surface area contributed by atoms with E-state index in [0.29, 0.717) is 0 Å². The third-order valence-corrected chi connectivity index (χ3v) is 3.44. The largest absolute Gasteiger partial charge is 0.359 e. The monoisotopic (exact) mass is 368 g/mol. The lowest BCUT2D eigenvalue weighted by molar-refractivity contribution is 0.824. The van der Waals surface area contributed by atoms with Crippen molar-refractivity contribution < 1.29 is 0 Å². The smallest absolute Gasteiger partial charge is 0.190 e. The summed E-state index contributed by atoms with van der Waals surface area (Å²) < 4.78 is 0. The van der Waals surface area contributed by atoms with Crippen LogP contribution in [0.4, 0.5) is 0 Å². The molecule has 0 atom stereocenters. The molecule has 98 valence electrons. The van der Waals surface area contributed by atoms with Gasteiger partial charge in [-0.25, -0.2) is 4.98 Å². The fourth-order valence-electron chi connectivity index (χ4n) is 1.49. The number of aryl methyl sites for hydroxylation is 2. The second-order valence-corrected chi connectivity index (χ2v) is 4.75. The van der Waals surface area contributed by atoms with Crippen molar-refractivity contribution in [2.75, 3.05) is 20.6 Å². The van der Waals surface area contributed by atoms with Gasteiger partial charge in [0.1, 0.15) is 0 Å². The van der Waals surface area contributed by atoms with Crippen molar-refractivity contribution in [3.8, 4) is 0 Å². The molecule has 0 aromatic carbocycles. The van der Waals surface area contributed by atoms with Crippen molar-refractivity contribution in [2.24, 2.45) is 4.99 Å². The molecule has 0 amide bonds. The fraction of sp³-hybridized carbons (Fsp3) is 0.636. The van der Waals surface area contributed by atoms with Crippen molar-refractivity contribution in [1.82, 2.24) is 15.6 Å².